The second-order valence-corrected chi connectivity index (χ2v) is 52.5. The van der Waals surface area contributed by atoms with Gasteiger partial charge >= 0.3 is 0 Å². The topological polar surface area (TPSA) is 55.7 Å². The van der Waals surface area contributed by atoms with E-state index in [4.69, 9.17) is 14.2 Å². The van der Waals surface area contributed by atoms with Crippen molar-refractivity contribution in [2.75, 3.05) is 0 Å². The van der Waals surface area contributed by atoms with E-state index in [0.29, 0.717) is 62.7 Å². The minimum absolute atomic E-state index is 0.0416. The molecule has 10 rings (SSSR count). The molecule has 10 aromatic rings. The average Bonchev–Trinajstić information content (AvgIpc) is 1.52. The van der Waals surface area contributed by atoms with Gasteiger partial charge in [0.15, 0.2) is 12.2 Å². The molecule has 107 heavy (non-hydrogen) atoms. The van der Waals surface area contributed by atoms with Crippen LogP contribution in [0.4, 0.5) is 8.78 Å². The van der Waals surface area contributed by atoms with Crippen molar-refractivity contribution in [3.63, 3.8) is 0 Å². The van der Waals surface area contributed by atoms with Gasteiger partial charge in [0, 0.05) is 57.6 Å². The Balaban J connectivity index is 1.18. The Labute approximate surface area is 646 Å². The molecule has 2 heterocycles. The van der Waals surface area contributed by atoms with Crippen LogP contribution in [0.3, 0.4) is 0 Å². The zero-order chi connectivity index (χ0) is 80.4. The molecule has 0 unspecified atom stereocenters. The summed E-state index contributed by atoms with van der Waals surface area (Å²) in [5, 5.41) is 35.1. The van der Waals surface area contributed by atoms with Crippen molar-refractivity contribution in [1.29, 1.82) is 0 Å². The maximum absolute atomic E-state index is 16.9. The molecule has 0 radical (unpaired) electrons. The highest BCUT2D eigenvalue weighted by atomic mass is 28.3. The van der Waals surface area contributed by atoms with E-state index in [1.165, 1.54) is 54.2 Å². The van der Waals surface area contributed by atoms with Gasteiger partial charge in [0.1, 0.15) is 29.6 Å². The van der Waals surface area contributed by atoms with Crippen LogP contribution < -0.4 is 10.4 Å². The van der Waals surface area contributed by atoms with Crippen molar-refractivity contribution < 1.29 is 27.7 Å². The molecule has 10 heteroatoms. The first-order chi connectivity index (χ1) is 48.5. The SMILES string of the molecule is [CH2-][O+](c1c(C)cc(F)cc1-c1cc(C(C)(C)CC(C)(C)C)cc(-n2c3cc(C)cc(C(C)(C)C)c3c3c(C(C)(C)C)cc([Si](C)(C)C)cc32)c1O)[C@H](C)C[C@@H](C)[O+]([CH2-])c1c(C)cc(F)cc1-c1cc(C(C)(C)CC(C)(C)C)cc(-n2c3cc(C)cc(C(C)(C)C)c3c3c(C(C)(C)C)cc([Si](C)(C)C)cc32)c1O. The number of benzene rings is 8. The number of nitrogens with zero attached hydrogens (tertiary/aromatic N) is 2. The van der Waals surface area contributed by atoms with E-state index in [-0.39, 0.29) is 44.0 Å². The summed E-state index contributed by atoms with van der Waals surface area (Å²) in [6.45, 7) is 77.3. The molecule has 0 saturated carbocycles. The minimum atomic E-state index is -1.98. The number of hydrogen-bond donors (Lipinski definition) is 2. The van der Waals surface area contributed by atoms with E-state index in [2.05, 4.69) is 310 Å². The van der Waals surface area contributed by atoms with Gasteiger partial charge in [0.25, 0.3) is 0 Å². The molecule has 0 bridgehead atoms. The lowest BCUT2D eigenvalue weighted by atomic mass is 9.71. The number of aryl methyl sites for hydroxylation is 4. The van der Waals surface area contributed by atoms with Gasteiger partial charge in [-0.05, 0) is 215 Å². The molecule has 0 amide bonds. The molecule has 0 aliphatic carbocycles. The van der Waals surface area contributed by atoms with Crippen molar-refractivity contribution in [1.82, 2.24) is 9.13 Å². The van der Waals surface area contributed by atoms with E-state index < -0.39 is 50.8 Å². The highest BCUT2D eigenvalue weighted by molar-refractivity contribution is 6.89. The fourth-order valence-electron chi connectivity index (χ4n) is 17.8. The van der Waals surface area contributed by atoms with Crippen molar-refractivity contribution in [3.05, 3.63) is 179 Å². The molecule has 2 aromatic heterocycles. The molecule has 2 N–H and O–H groups in total. The maximum Gasteiger partial charge on any atom is 0.238 e. The van der Waals surface area contributed by atoms with Crippen LogP contribution in [0, 0.1) is 64.4 Å². The largest absolute Gasteiger partial charge is 0.709 e. The Kier molecular flexibility index (Phi) is 21.1. The van der Waals surface area contributed by atoms with E-state index >= 15 is 8.78 Å². The van der Waals surface area contributed by atoms with Crippen LogP contribution in [0.15, 0.2) is 97.1 Å². The van der Waals surface area contributed by atoms with Gasteiger partial charge in [-0.25, -0.2) is 8.78 Å². The van der Waals surface area contributed by atoms with E-state index in [9.17, 15) is 10.2 Å². The van der Waals surface area contributed by atoms with Crippen molar-refractivity contribution >= 4 is 70.1 Å². The number of halogens is 2. The Bertz CT molecular complexity index is 4830. The summed E-state index contributed by atoms with van der Waals surface area (Å²) in [4.78, 5) is 0. The Morgan fingerprint density at radius 3 is 0.935 bits per heavy atom. The summed E-state index contributed by atoms with van der Waals surface area (Å²) in [5.41, 5.74) is 16.0. The fourth-order valence-corrected chi connectivity index (χ4v) is 20.1. The summed E-state index contributed by atoms with van der Waals surface area (Å²) >= 11 is 0. The van der Waals surface area contributed by atoms with Crippen LogP contribution in [-0.2, 0) is 41.2 Å². The number of rotatable bonds is 16. The Morgan fingerprint density at radius 2 is 0.664 bits per heavy atom. The number of aromatic hydroxyl groups is 2. The first-order valence-electron chi connectivity index (χ1n) is 39.2. The van der Waals surface area contributed by atoms with E-state index in [1.54, 1.807) is 24.3 Å². The number of phenols is 2. The van der Waals surface area contributed by atoms with E-state index in [0.717, 1.165) is 57.2 Å². The average molecular weight is 1480 g/mol. The normalized spacial score (nSPS) is 14.2. The van der Waals surface area contributed by atoms with Crippen LogP contribution in [0.2, 0.25) is 39.3 Å². The zero-order valence-electron chi connectivity index (χ0n) is 72.3. The highest BCUT2D eigenvalue weighted by Gasteiger charge is 2.39. The summed E-state index contributed by atoms with van der Waals surface area (Å²) in [5.74, 6) is 0.432. The number of fused-ring (bicyclic) bond motifs is 6. The molecule has 0 spiro atoms. The second kappa shape index (κ2) is 27.4. The summed E-state index contributed by atoms with van der Waals surface area (Å²) < 4.78 is 44.9. The lowest BCUT2D eigenvalue weighted by Gasteiger charge is -2.41. The maximum atomic E-state index is 16.9. The quantitative estimate of drug-likeness (QED) is 0.0575. The van der Waals surface area contributed by atoms with Gasteiger partial charge < -0.3 is 28.1 Å². The predicted molar refractivity (Wildman–Crippen MR) is 465 cm³/mol. The third-order valence-corrected chi connectivity index (χ3v) is 26.6. The Morgan fingerprint density at radius 1 is 0.383 bits per heavy atom. The highest BCUT2D eigenvalue weighted by Crippen LogP contribution is 2.55. The van der Waals surface area contributed by atoms with Gasteiger partial charge in [-0.1, -0.05) is 226 Å². The summed E-state index contributed by atoms with van der Waals surface area (Å²) in [6, 6.07) is 33.9. The molecule has 0 fully saturated rings. The van der Waals surface area contributed by atoms with Crippen LogP contribution >= 0.6 is 0 Å². The van der Waals surface area contributed by atoms with Crippen LogP contribution in [-0.4, -0.2) is 47.7 Å². The standard InChI is InChI=1S/C97H132F2N2O4Si2/c1-56-37-72(92(13,14)15)82-76(39-56)100(78-52-66(106(31,32)33)50-74(84(78)82)94(19,20)21)80-46-62(96(25,26)54-90(7,8)9)44-68(86(80)102)70-48-64(98)41-58(3)88(70)104(29)60(5)43-61(6)105(30)89-59(4)42-65(99)49-71(89)69-45-63(97(27,28)55-91(10,11)12)47-81(87(69)103)101-77-40-57(2)38-73(93(16,17)18)83(77)85-75(95(22,23)24)51-67(53-79(85)101)107(34,35)36/h37-42,44-53,60-61,102-103H,29-30,43,54-55H2,1-28,31-36H3/t60-,61-/m1/s1. The molecule has 0 aliphatic heterocycles. The lowest BCUT2D eigenvalue weighted by molar-refractivity contribution is -0.0945. The van der Waals surface area contributed by atoms with Gasteiger partial charge in [-0.15, -0.1) is 0 Å². The molecule has 0 saturated heterocycles. The molecule has 2 atom stereocenters. The Hall–Kier alpha value is -7.15. The first kappa shape index (κ1) is 82.4. The molecule has 6 nitrogen and oxygen atoms in total. The first-order valence-corrected chi connectivity index (χ1v) is 46.2. The molecule has 576 valence electrons. The summed E-state index contributed by atoms with van der Waals surface area (Å²) in [6.07, 6.45) is 1.25. The van der Waals surface area contributed by atoms with Gasteiger partial charge in [0.05, 0.1) is 60.7 Å². The number of aromatic nitrogens is 2. The number of phenolic OH excluding ortho intramolecular Hbond substituents is 2. The third kappa shape index (κ3) is 16.0. The second-order valence-electron chi connectivity index (χ2n) is 42.4. The molecule has 0 aliphatic rings. The molecular weight excluding hydrogens is 1350 g/mol. The number of hydrogen-bond acceptors (Lipinski definition) is 2. The van der Waals surface area contributed by atoms with Gasteiger partial charge in [-0.3, -0.25) is 0 Å². The van der Waals surface area contributed by atoms with Crippen molar-refractivity contribution in [3.8, 4) is 56.6 Å². The van der Waals surface area contributed by atoms with Crippen LogP contribution in [0.5, 0.6) is 23.0 Å². The zero-order valence-corrected chi connectivity index (χ0v) is 74.3. The van der Waals surface area contributed by atoms with Gasteiger partial charge in [-0.2, -0.15) is 0 Å². The fraction of sp³-hybridized carbons (Fsp3) is 0.485. The van der Waals surface area contributed by atoms with Crippen molar-refractivity contribution in [2.24, 2.45) is 10.8 Å². The summed E-state index contributed by atoms with van der Waals surface area (Å²) in [7, 11) is 5.64. The van der Waals surface area contributed by atoms with Gasteiger partial charge in [0.2, 0.25) is 11.5 Å². The van der Waals surface area contributed by atoms with Crippen LogP contribution in [0.1, 0.15) is 241 Å². The van der Waals surface area contributed by atoms with Crippen molar-refractivity contribution in [2.45, 2.75) is 297 Å². The third-order valence-electron chi connectivity index (χ3n) is 22.6. The van der Waals surface area contributed by atoms with E-state index in [1.807, 2.05) is 13.8 Å². The lowest BCUT2D eigenvalue weighted by Crippen LogP contribution is -2.38. The van der Waals surface area contributed by atoms with Crippen LogP contribution in [0.25, 0.3) is 77.2 Å². The minimum Gasteiger partial charge on any atom is -0.709 e. The molecule has 8 aromatic carbocycles. The predicted octanol–water partition coefficient (Wildman–Crippen LogP) is 27.8. The molecular formula is C97H132F2N2O4Si2. The smallest absolute Gasteiger partial charge is 0.238 e. The monoisotopic (exact) mass is 1480 g/mol.